The van der Waals surface area contributed by atoms with E-state index in [2.05, 4.69) is 12.6 Å². The van der Waals surface area contributed by atoms with Gasteiger partial charge in [-0.3, -0.25) is 4.79 Å². The molecule has 0 aromatic rings. The Morgan fingerprint density at radius 2 is 2.00 bits per heavy atom. The quantitative estimate of drug-likeness (QED) is 0.255. The number of ketones is 1. The van der Waals surface area contributed by atoms with E-state index in [1.807, 2.05) is 13.8 Å². The number of carbonyl (C=O) groups excluding carboxylic acids is 1. The molecule has 0 radical (unpaired) electrons. The molecule has 0 bridgehead atoms. The van der Waals surface area contributed by atoms with E-state index in [9.17, 15) is 14.7 Å². The number of carbonyl (C=O) groups is 2. The van der Waals surface area contributed by atoms with Crippen molar-refractivity contribution in [2.45, 2.75) is 52.6 Å². The third-order valence-electron chi connectivity index (χ3n) is 4.54. The molecule has 0 aliphatic heterocycles. The molecule has 4 nitrogen and oxygen atoms in total. The Morgan fingerprint density at radius 1 is 1.36 bits per heavy atom. The average Bonchev–Trinajstić information content (AvgIpc) is 2.49. The molecule has 0 heterocycles. The molecule has 1 aliphatic rings. The van der Waals surface area contributed by atoms with Crippen LogP contribution in [0.4, 0.5) is 0 Å². The van der Waals surface area contributed by atoms with E-state index in [1.165, 1.54) is 11.8 Å². The summed E-state index contributed by atoms with van der Waals surface area (Å²) >= 11 is 5.69. The van der Waals surface area contributed by atoms with Crippen LogP contribution in [0.3, 0.4) is 0 Å². The van der Waals surface area contributed by atoms with E-state index in [4.69, 9.17) is 5.11 Å². The van der Waals surface area contributed by atoms with Crippen molar-refractivity contribution in [3.05, 3.63) is 34.3 Å². The Morgan fingerprint density at radius 3 is 2.56 bits per heavy atom. The summed E-state index contributed by atoms with van der Waals surface area (Å²) in [7, 11) is 0. The normalized spacial score (nSPS) is 24.2. The van der Waals surface area contributed by atoms with E-state index >= 15 is 0 Å². The molecule has 0 aromatic heterocycles. The Bertz CT molecular complexity index is 617. The number of carboxylic acids is 1. The molecule has 1 aliphatic carbocycles. The summed E-state index contributed by atoms with van der Waals surface area (Å²) in [6.45, 7) is 7.18. The molecule has 0 aromatic carbocycles. The molecule has 0 spiro atoms. The van der Waals surface area contributed by atoms with Crippen LogP contribution in [0.15, 0.2) is 34.3 Å². The number of thiol groups is 1. The van der Waals surface area contributed by atoms with Gasteiger partial charge in [0.2, 0.25) is 0 Å². The monoisotopic (exact) mass is 384 g/mol. The number of thioether (sulfide) groups is 1. The minimum absolute atomic E-state index is 0.0641. The van der Waals surface area contributed by atoms with Crippen LogP contribution in [0.5, 0.6) is 0 Å². The lowest BCUT2D eigenvalue weighted by Gasteiger charge is -2.45. The van der Waals surface area contributed by atoms with Gasteiger partial charge in [0, 0.05) is 17.9 Å². The van der Waals surface area contributed by atoms with Gasteiger partial charge in [-0.1, -0.05) is 19.9 Å². The predicted molar refractivity (Wildman–Crippen MR) is 107 cm³/mol. The van der Waals surface area contributed by atoms with Crippen molar-refractivity contribution >= 4 is 36.1 Å². The van der Waals surface area contributed by atoms with E-state index in [1.54, 1.807) is 26.0 Å². The second-order valence-electron chi connectivity index (χ2n) is 7.04. The van der Waals surface area contributed by atoms with Crippen LogP contribution < -0.4 is 0 Å². The van der Waals surface area contributed by atoms with Crippen LogP contribution in [0, 0.1) is 5.41 Å². The summed E-state index contributed by atoms with van der Waals surface area (Å²) in [6, 6.07) is 0. The van der Waals surface area contributed by atoms with Crippen molar-refractivity contribution in [2.24, 2.45) is 5.41 Å². The van der Waals surface area contributed by atoms with Crippen molar-refractivity contribution in [3.63, 3.8) is 0 Å². The van der Waals surface area contributed by atoms with Crippen molar-refractivity contribution in [2.75, 3.05) is 11.5 Å². The molecule has 2 N–H and O–H groups in total. The fourth-order valence-electron chi connectivity index (χ4n) is 2.93. The fraction of sp³-hybridized carbons (Fsp3) is 0.579. The fourth-order valence-corrected chi connectivity index (χ4v) is 4.31. The molecular formula is C19H28O4S2. The first kappa shape index (κ1) is 22.1. The number of aliphatic hydroxyl groups is 1. The Kier molecular flexibility index (Phi) is 8.03. The maximum Gasteiger partial charge on any atom is 0.328 e. The van der Waals surface area contributed by atoms with Gasteiger partial charge in [-0.2, -0.15) is 12.6 Å². The lowest BCUT2D eigenvalue weighted by Crippen LogP contribution is -2.49. The van der Waals surface area contributed by atoms with Crippen molar-refractivity contribution in [1.82, 2.24) is 0 Å². The lowest BCUT2D eigenvalue weighted by atomic mass is 9.64. The predicted octanol–water partition coefficient (Wildman–Crippen LogP) is 4.02. The third-order valence-corrected chi connectivity index (χ3v) is 6.17. The maximum absolute atomic E-state index is 12.5. The summed E-state index contributed by atoms with van der Waals surface area (Å²) in [4.78, 5) is 23.9. The summed E-state index contributed by atoms with van der Waals surface area (Å²) in [5.41, 5.74) is -0.780. The van der Waals surface area contributed by atoms with E-state index in [0.717, 1.165) is 30.4 Å². The van der Waals surface area contributed by atoms with E-state index in [0.29, 0.717) is 16.1 Å². The highest BCUT2D eigenvalue weighted by atomic mass is 32.2. The minimum atomic E-state index is -1.29. The highest BCUT2D eigenvalue weighted by molar-refractivity contribution is 8.04. The standard InChI is InChI=1S/C19H28O4S2/c1-13(11-16(21)22)7-8-19(23)14(2)17(25-10-6-5-9-24)15(20)12-18(19,3)4/h7-8,11,23-24H,5-6,9-10,12H2,1-4H3,(H,21,22)/b8-7+,13-11-/t19-/m1/s1. The van der Waals surface area contributed by atoms with Crippen LogP contribution in [-0.2, 0) is 9.59 Å². The SMILES string of the molecule is CC1=C(SCCCCS)C(=O)CC(C)(C)[C@@]1(O)/C=C/C(C)=C\C(=O)O. The molecule has 0 saturated carbocycles. The lowest BCUT2D eigenvalue weighted by molar-refractivity contribution is -0.131. The first-order chi connectivity index (χ1) is 11.5. The van der Waals surface area contributed by atoms with Gasteiger partial charge in [-0.05, 0) is 55.4 Å². The zero-order chi connectivity index (χ0) is 19.3. The van der Waals surface area contributed by atoms with Crippen LogP contribution in [0.1, 0.15) is 47.0 Å². The van der Waals surface area contributed by atoms with Crippen molar-refractivity contribution in [1.29, 1.82) is 0 Å². The molecule has 1 atom stereocenters. The first-order valence-corrected chi connectivity index (χ1v) is 9.98. The van der Waals surface area contributed by atoms with Crippen molar-refractivity contribution in [3.8, 4) is 0 Å². The largest absolute Gasteiger partial charge is 0.478 e. The van der Waals surface area contributed by atoms with Crippen LogP contribution in [0.2, 0.25) is 0 Å². The first-order valence-electron chi connectivity index (χ1n) is 8.36. The molecule has 0 saturated heterocycles. The van der Waals surface area contributed by atoms with Crippen LogP contribution in [-0.4, -0.2) is 39.1 Å². The van der Waals surface area contributed by atoms with Gasteiger partial charge < -0.3 is 10.2 Å². The molecule has 0 amide bonds. The number of carboxylic acid groups (broad SMARTS) is 1. The van der Waals surface area contributed by atoms with Gasteiger partial charge >= 0.3 is 5.97 Å². The highest BCUT2D eigenvalue weighted by Gasteiger charge is 2.49. The number of Topliss-reactive ketones (excluding diaryl/α,β-unsaturated/α-hetero) is 1. The van der Waals surface area contributed by atoms with Gasteiger partial charge in [0.05, 0.1) is 4.91 Å². The Balaban J connectivity index is 3.18. The Hall–Kier alpha value is -0.980. The molecule has 0 unspecified atom stereocenters. The number of hydrogen-bond acceptors (Lipinski definition) is 5. The van der Waals surface area contributed by atoms with E-state index in [-0.39, 0.29) is 12.2 Å². The van der Waals surface area contributed by atoms with Gasteiger partial charge in [-0.25, -0.2) is 4.79 Å². The number of rotatable bonds is 8. The highest BCUT2D eigenvalue weighted by Crippen LogP contribution is 2.48. The summed E-state index contributed by atoms with van der Waals surface area (Å²) in [6.07, 6.45) is 6.53. The maximum atomic E-state index is 12.5. The number of hydrogen-bond donors (Lipinski definition) is 3. The minimum Gasteiger partial charge on any atom is -0.478 e. The van der Waals surface area contributed by atoms with Crippen molar-refractivity contribution < 1.29 is 19.8 Å². The van der Waals surface area contributed by atoms with Gasteiger partial charge in [-0.15, -0.1) is 11.8 Å². The zero-order valence-electron chi connectivity index (χ0n) is 15.3. The number of allylic oxidation sites excluding steroid dienone is 3. The zero-order valence-corrected chi connectivity index (χ0v) is 17.0. The summed E-state index contributed by atoms with van der Waals surface area (Å²) in [5.74, 6) is 0.674. The molecular weight excluding hydrogens is 356 g/mol. The molecule has 6 heteroatoms. The topological polar surface area (TPSA) is 74.6 Å². The third kappa shape index (κ3) is 5.50. The van der Waals surface area contributed by atoms with E-state index < -0.39 is 17.0 Å². The molecule has 140 valence electrons. The second kappa shape index (κ2) is 9.10. The molecule has 1 rings (SSSR count). The number of unbranched alkanes of at least 4 members (excludes halogenated alkanes) is 1. The smallest absolute Gasteiger partial charge is 0.328 e. The second-order valence-corrected chi connectivity index (χ2v) is 8.60. The summed E-state index contributed by atoms with van der Waals surface area (Å²) < 4.78 is 0. The summed E-state index contributed by atoms with van der Waals surface area (Å²) in [5, 5.41) is 20.2. The van der Waals surface area contributed by atoms with Gasteiger partial charge in [0.25, 0.3) is 0 Å². The van der Waals surface area contributed by atoms with Gasteiger partial charge in [0.15, 0.2) is 5.78 Å². The van der Waals surface area contributed by atoms with Gasteiger partial charge in [0.1, 0.15) is 5.60 Å². The van der Waals surface area contributed by atoms with Crippen LogP contribution >= 0.6 is 24.4 Å². The number of aliphatic carboxylic acids is 1. The molecule has 0 fully saturated rings. The Labute approximate surface area is 159 Å². The molecule has 25 heavy (non-hydrogen) atoms. The van der Waals surface area contributed by atoms with Crippen LogP contribution in [0.25, 0.3) is 0 Å². The average molecular weight is 385 g/mol.